The quantitative estimate of drug-likeness (QED) is 0.696. The van der Waals surface area contributed by atoms with Crippen molar-refractivity contribution in [3.8, 4) is 0 Å². The van der Waals surface area contributed by atoms with Gasteiger partial charge in [-0.05, 0) is 44.0 Å². The molecule has 29 heavy (non-hydrogen) atoms. The number of carbonyl (C=O) groups excluding carboxylic acids is 1. The summed E-state index contributed by atoms with van der Waals surface area (Å²) < 4.78 is 32.8. The van der Waals surface area contributed by atoms with Crippen molar-refractivity contribution in [2.45, 2.75) is 44.9 Å². The molecule has 1 fully saturated rings. The monoisotopic (exact) mass is 422 g/mol. The molecule has 2 atom stereocenters. The van der Waals surface area contributed by atoms with Gasteiger partial charge in [-0.3, -0.25) is 4.90 Å². The van der Waals surface area contributed by atoms with Gasteiger partial charge >= 0.3 is 6.09 Å². The Morgan fingerprint density at radius 3 is 2.48 bits per heavy atom. The molecule has 0 bridgehead atoms. The summed E-state index contributed by atoms with van der Waals surface area (Å²) >= 11 is 6.23. The molecular formula is C22H25ClF2N2O2. The lowest BCUT2D eigenvalue weighted by Crippen LogP contribution is -2.42. The third-order valence-electron chi connectivity index (χ3n) is 4.79. The summed E-state index contributed by atoms with van der Waals surface area (Å²) in [5.41, 5.74) is 0.962. The molecule has 1 N–H and O–H groups in total. The molecule has 0 aromatic heterocycles. The molecule has 4 nitrogen and oxygen atoms in total. The third kappa shape index (κ3) is 5.67. The molecule has 0 aliphatic carbocycles. The maximum Gasteiger partial charge on any atom is 0.407 e. The number of rotatable bonds is 4. The van der Waals surface area contributed by atoms with Crippen LogP contribution in [-0.2, 0) is 11.3 Å². The number of amides is 1. The molecule has 2 aromatic carbocycles. The van der Waals surface area contributed by atoms with Gasteiger partial charge in [-0.25, -0.2) is 13.6 Å². The van der Waals surface area contributed by atoms with E-state index in [1.165, 1.54) is 0 Å². The number of likely N-dealkylation sites (tertiary alicyclic amines) is 1. The van der Waals surface area contributed by atoms with Crippen LogP contribution in [-0.4, -0.2) is 35.7 Å². The van der Waals surface area contributed by atoms with Gasteiger partial charge in [-0.2, -0.15) is 0 Å². The average molecular weight is 423 g/mol. The number of hydrogen-bond donors (Lipinski definition) is 1. The fourth-order valence-corrected chi connectivity index (χ4v) is 3.89. The van der Waals surface area contributed by atoms with E-state index in [1.807, 2.05) is 30.3 Å². The van der Waals surface area contributed by atoms with Crippen molar-refractivity contribution in [3.05, 3.63) is 70.2 Å². The van der Waals surface area contributed by atoms with Gasteiger partial charge in [0.25, 0.3) is 0 Å². The summed E-state index contributed by atoms with van der Waals surface area (Å²) in [6.45, 7) is 7.10. The minimum absolute atomic E-state index is 0.145. The van der Waals surface area contributed by atoms with Crippen LogP contribution in [0.5, 0.6) is 0 Å². The Labute approximate surface area is 174 Å². The molecule has 1 aliphatic rings. The van der Waals surface area contributed by atoms with Crippen molar-refractivity contribution in [2.75, 3.05) is 13.1 Å². The van der Waals surface area contributed by atoms with Gasteiger partial charge < -0.3 is 10.1 Å². The molecule has 7 heteroatoms. The zero-order chi connectivity index (χ0) is 21.2. The van der Waals surface area contributed by atoms with E-state index in [1.54, 1.807) is 20.8 Å². The number of nitrogens with zero attached hydrogens (tertiary/aromatic N) is 1. The van der Waals surface area contributed by atoms with Crippen LogP contribution in [0.1, 0.15) is 37.8 Å². The standard InChI is InChI=1S/C22H25ClF2N2O2/c1-22(2,3)29-21(28)26-20-13-27(11-14-7-5-4-6-8-14)12-16(20)15-9-18(24)19(25)10-17(15)23/h4-10,16,20H,11-13H2,1-3H3,(H,26,28). The van der Waals surface area contributed by atoms with Crippen molar-refractivity contribution < 1.29 is 18.3 Å². The zero-order valence-electron chi connectivity index (χ0n) is 16.7. The van der Waals surface area contributed by atoms with E-state index in [0.717, 1.165) is 17.7 Å². The lowest BCUT2D eigenvalue weighted by molar-refractivity contribution is 0.0502. The van der Waals surface area contributed by atoms with Gasteiger partial charge in [-0.1, -0.05) is 41.9 Å². The molecule has 1 aliphatic heterocycles. The lowest BCUT2D eigenvalue weighted by atomic mass is 9.94. The topological polar surface area (TPSA) is 41.6 Å². The highest BCUT2D eigenvalue weighted by Gasteiger charge is 2.37. The number of alkyl carbamates (subject to hydrolysis) is 1. The van der Waals surface area contributed by atoms with Crippen molar-refractivity contribution in [1.82, 2.24) is 10.2 Å². The second-order valence-corrected chi connectivity index (χ2v) is 8.73. The Bertz CT molecular complexity index is 871. The minimum Gasteiger partial charge on any atom is -0.444 e. The first kappa shape index (κ1) is 21.5. The fourth-order valence-electron chi connectivity index (χ4n) is 3.60. The van der Waals surface area contributed by atoms with E-state index in [2.05, 4.69) is 10.2 Å². The predicted molar refractivity (Wildman–Crippen MR) is 109 cm³/mol. The van der Waals surface area contributed by atoms with E-state index in [9.17, 15) is 13.6 Å². The van der Waals surface area contributed by atoms with Gasteiger partial charge in [0.1, 0.15) is 5.60 Å². The van der Waals surface area contributed by atoms with Gasteiger partial charge in [0.2, 0.25) is 0 Å². The summed E-state index contributed by atoms with van der Waals surface area (Å²) in [5.74, 6) is -2.25. The maximum atomic E-state index is 13.9. The van der Waals surface area contributed by atoms with E-state index in [4.69, 9.17) is 16.3 Å². The third-order valence-corrected chi connectivity index (χ3v) is 5.11. The number of hydrogen-bond acceptors (Lipinski definition) is 3. The Kier molecular flexibility index (Phi) is 6.44. The number of ether oxygens (including phenoxy) is 1. The number of halogens is 3. The number of carbonyl (C=O) groups is 1. The van der Waals surface area contributed by atoms with Gasteiger partial charge in [0.15, 0.2) is 11.6 Å². The van der Waals surface area contributed by atoms with Crippen LogP contribution in [0.2, 0.25) is 5.02 Å². The van der Waals surface area contributed by atoms with Crippen LogP contribution in [0.15, 0.2) is 42.5 Å². The van der Waals surface area contributed by atoms with Crippen molar-refractivity contribution in [1.29, 1.82) is 0 Å². The van der Waals surface area contributed by atoms with Crippen LogP contribution in [0.3, 0.4) is 0 Å². The maximum absolute atomic E-state index is 13.9. The molecule has 0 saturated carbocycles. The molecule has 1 amide bonds. The lowest BCUT2D eigenvalue weighted by Gasteiger charge is -2.25. The highest BCUT2D eigenvalue weighted by molar-refractivity contribution is 6.31. The Morgan fingerprint density at radius 2 is 1.83 bits per heavy atom. The van der Waals surface area contributed by atoms with Crippen molar-refractivity contribution >= 4 is 17.7 Å². The molecule has 2 aromatic rings. The molecule has 0 spiro atoms. The van der Waals surface area contributed by atoms with E-state index < -0.39 is 23.3 Å². The van der Waals surface area contributed by atoms with Crippen LogP contribution >= 0.6 is 11.6 Å². The average Bonchev–Trinajstić information content (AvgIpc) is 2.99. The van der Waals surface area contributed by atoms with Crippen LogP contribution in [0, 0.1) is 11.6 Å². The molecule has 2 unspecified atom stereocenters. The van der Waals surface area contributed by atoms with Crippen LogP contribution in [0.25, 0.3) is 0 Å². The second-order valence-electron chi connectivity index (χ2n) is 8.33. The van der Waals surface area contributed by atoms with Crippen LogP contribution < -0.4 is 5.32 Å². The normalized spacial score (nSPS) is 19.9. The highest BCUT2D eigenvalue weighted by atomic mass is 35.5. The van der Waals surface area contributed by atoms with Gasteiger partial charge in [0, 0.05) is 30.6 Å². The van der Waals surface area contributed by atoms with Crippen molar-refractivity contribution in [2.24, 2.45) is 0 Å². The molecule has 3 rings (SSSR count). The molecule has 156 valence electrons. The number of nitrogens with one attached hydrogen (secondary N) is 1. The summed E-state index contributed by atoms with van der Waals surface area (Å²) in [5, 5.41) is 3.03. The van der Waals surface area contributed by atoms with Crippen LogP contribution in [0.4, 0.5) is 13.6 Å². The summed E-state index contributed by atoms with van der Waals surface area (Å²) in [4.78, 5) is 14.5. The largest absolute Gasteiger partial charge is 0.444 e. The number of benzene rings is 2. The van der Waals surface area contributed by atoms with Crippen molar-refractivity contribution in [3.63, 3.8) is 0 Å². The summed E-state index contributed by atoms with van der Waals surface area (Å²) in [7, 11) is 0. The molecular weight excluding hydrogens is 398 g/mol. The smallest absolute Gasteiger partial charge is 0.407 e. The Morgan fingerprint density at radius 1 is 1.17 bits per heavy atom. The highest BCUT2D eigenvalue weighted by Crippen LogP contribution is 2.34. The minimum atomic E-state index is -0.991. The first-order valence-corrected chi connectivity index (χ1v) is 9.90. The summed E-state index contributed by atoms with van der Waals surface area (Å²) in [6.07, 6.45) is -0.548. The van der Waals surface area contributed by atoms with E-state index >= 15 is 0 Å². The Balaban J connectivity index is 1.83. The molecule has 1 saturated heterocycles. The van der Waals surface area contributed by atoms with E-state index in [0.29, 0.717) is 25.2 Å². The Hall–Kier alpha value is -2.18. The van der Waals surface area contributed by atoms with Gasteiger partial charge in [-0.15, -0.1) is 0 Å². The zero-order valence-corrected chi connectivity index (χ0v) is 17.5. The predicted octanol–water partition coefficient (Wildman–Crippen LogP) is 5.11. The fraction of sp³-hybridized carbons (Fsp3) is 0.409. The second kappa shape index (κ2) is 8.67. The summed E-state index contributed by atoms with van der Waals surface area (Å²) in [6, 6.07) is 11.7. The SMILES string of the molecule is CC(C)(C)OC(=O)NC1CN(Cc2ccccc2)CC1c1cc(F)c(F)cc1Cl. The molecule has 0 radical (unpaired) electrons. The first-order valence-electron chi connectivity index (χ1n) is 9.52. The van der Waals surface area contributed by atoms with Gasteiger partial charge in [0.05, 0.1) is 6.04 Å². The molecule has 1 heterocycles. The van der Waals surface area contributed by atoms with E-state index in [-0.39, 0.29) is 17.0 Å². The first-order chi connectivity index (χ1) is 13.6.